The molecule has 0 saturated carbocycles. The van der Waals surface area contributed by atoms with Crippen molar-refractivity contribution < 1.29 is 0 Å². The molecule has 0 radical (unpaired) electrons. The summed E-state index contributed by atoms with van der Waals surface area (Å²) in [5.41, 5.74) is 2.13. The third-order valence-corrected chi connectivity index (χ3v) is 3.65. The highest BCUT2D eigenvalue weighted by Crippen LogP contribution is 2.20. The van der Waals surface area contributed by atoms with Crippen molar-refractivity contribution in [1.29, 1.82) is 0 Å². The largest absolute Gasteiger partial charge is 0.316 e. The lowest BCUT2D eigenvalue weighted by Gasteiger charge is -2.07. The fraction of sp³-hybridized carbons (Fsp3) is 0.636. The summed E-state index contributed by atoms with van der Waals surface area (Å²) in [5, 5.41) is 4.31. The number of nitrogens with zero attached hydrogens (tertiary/aromatic N) is 2. The first-order valence-electron chi connectivity index (χ1n) is 5.40. The minimum absolute atomic E-state index is 0.791. The van der Waals surface area contributed by atoms with Crippen LogP contribution in [0.15, 0.2) is 11.2 Å². The van der Waals surface area contributed by atoms with Crippen LogP contribution in [0.5, 0.6) is 0 Å². The van der Waals surface area contributed by atoms with E-state index in [1.807, 2.05) is 19.9 Å². The number of rotatable bonds is 3. The van der Waals surface area contributed by atoms with Crippen molar-refractivity contribution in [2.45, 2.75) is 25.4 Å². The minimum atomic E-state index is 0.791. The SMILES string of the molecule is Cc1cc(C)nc(SC[C@@H]2CCNC2)n1. The molecule has 0 aliphatic carbocycles. The van der Waals surface area contributed by atoms with Gasteiger partial charge in [-0.1, -0.05) is 11.8 Å². The van der Waals surface area contributed by atoms with Crippen LogP contribution in [0.3, 0.4) is 0 Å². The number of nitrogens with one attached hydrogen (secondary N) is 1. The fourth-order valence-corrected chi connectivity index (χ4v) is 2.89. The van der Waals surface area contributed by atoms with Crippen molar-refractivity contribution in [2.24, 2.45) is 5.92 Å². The lowest BCUT2D eigenvalue weighted by Crippen LogP contribution is -2.10. The molecule has 15 heavy (non-hydrogen) atoms. The van der Waals surface area contributed by atoms with Gasteiger partial charge in [0.05, 0.1) is 0 Å². The van der Waals surface area contributed by atoms with E-state index in [4.69, 9.17) is 0 Å². The molecule has 2 heterocycles. The first kappa shape index (κ1) is 10.9. The second-order valence-corrected chi connectivity index (χ2v) is 5.09. The molecule has 1 aliphatic heterocycles. The van der Waals surface area contributed by atoms with E-state index in [0.29, 0.717) is 0 Å². The van der Waals surface area contributed by atoms with Gasteiger partial charge in [-0.25, -0.2) is 9.97 Å². The molecule has 0 aromatic carbocycles. The van der Waals surface area contributed by atoms with Gasteiger partial charge in [0.25, 0.3) is 0 Å². The quantitative estimate of drug-likeness (QED) is 0.626. The molecule has 2 rings (SSSR count). The molecular weight excluding hydrogens is 206 g/mol. The van der Waals surface area contributed by atoms with Gasteiger partial charge < -0.3 is 5.32 Å². The van der Waals surface area contributed by atoms with Crippen molar-refractivity contribution in [1.82, 2.24) is 15.3 Å². The molecule has 82 valence electrons. The van der Waals surface area contributed by atoms with Gasteiger partial charge in [-0.3, -0.25) is 0 Å². The van der Waals surface area contributed by atoms with Crippen LogP contribution in [0, 0.1) is 19.8 Å². The molecule has 0 amide bonds. The van der Waals surface area contributed by atoms with E-state index in [2.05, 4.69) is 15.3 Å². The topological polar surface area (TPSA) is 37.8 Å². The van der Waals surface area contributed by atoms with Crippen LogP contribution in [-0.2, 0) is 0 Å². The van der Waals surface area contributed by atoms with Crippen molar-refractivity contribution in [3.63, 3.8) is 0 Å². The summed E-state index contributed by atoms with van der Waals surface area (Å²) in [6.45, 7) is 6.36. The third-order valence-electron chi connectivity index (χ3n) is 2.57. The van der Waals surface area contributed by atoms with Crippen LogP contribution >= 0.6 is 11.8 Å². The van der Waals surface area contributed by atoms with E-state index >= 15 is 0 Å². The molecule has 1 aliphatic rings. The number of aryl methyl sites for hydroxylation is 2. The molecule has 1 aromatic rings. The van der Waals surface area contributed by atoms with Crippen LogP contribution in [0.4, 0.5) is 0 Å². The van der Waals surface area contributed by atoms with Gasteiger partial charge in [-0.05, 0) is 45.3 Å². The van der Waals surface area contributed by atoms with Crippen LogP contribution < -0.4 is 5.32 Å². The Morgan fingerprint density at radius 1 is 1.40 bits per heavy atom. The molecule has 1 atom stereocenters. The average molecular weight is 223 g/mol. The molecule has 1 fully saturated rings. The van der Waals surface area contributed by atoms with E-state index in [0.717, 1.165) is 34.8 Å². The van der Waals surface area contributed by atoms with Crippen molar-refractivity contribution in [3.05, 3.63) is 17.5 Å². The second-order valence-electron chi connectivity index (χ2n) is 4.10. The van der Waals surface area contributed by atoms with Crippen LogP contribution in [0.1, 0.15) is 17.8 Å². The lowest BCUT2D eigenvalue weighted by atomic mass is 10.2. The van der Waals surface area contributed by atoms with Crippen LogP contribution in [0.25, 0.3) is 0 Å². The maximum atomic E-state index is 4.43. The highest BCUT2D eigenvalue weighted by Gasteiger charge is 2.15. The highest BCUT2D eigenvalue weighted by atomic mass is 32.2. The van der Waals surface area contributed by atoms with Crippen molar-refractivity contribution in [3.8, 4) is 0 Å². The first-order chi connectivity index (χ1) is 7.24. The summed E-state index contributed by atoms with van der Waals surface area (Å²) in [7, 11) is 0. The highest BCUT2D eigenvalue weighted by molar-refractivity contribution is 7.99. The second kappa shape index (κ2) is 4.94. The Morgan fingerprint density at radius 2 is 2.13 bits per heavy atom. The Balaban J connectivity index is 1.92. The van der Waals surface area contributed by atoms with Crippen LogP contribution in [0.2, 0.25) is 0 Å². The molecule has 0 spiro atoms. The zero-order valence-corrected chi connectivity index (χ0v) is 10.1. The molecule has 1 aromatic heterocycles. The summed E-state index contributed by atoms with van der Waals surface area (Å²) in [4.78, 5) is 8.85. The molecule has 4 heteroatoms. The molecule has 3 nitrogen and oxygen atoms in total. The molecular formula is C11H17N3S. The minimum Gasteiger partial charge on any atom is -0.316 e. The van der Waals surface area contributed by atoms with Gasteiger partial charge in [-0.15, -0.1) is 0 Å². The van der Waals surface area contributed by atoms with Gasteiger partial charge in [0.2, 0.25) is 0 Å². The zero-order valence-electron chi connectivity index (χ0n) is 9.29. The Kier molecular flexibility index (Phi) is 3.59. The number of aromatic nitrogens is 2. The number of thioether (sulfide) groups is 1. The van der Waals surface area contributed by atoms with Crippen LogP contribution in [-0.4, -0.2) is 28.8 Å². The molecule has 0 unspecified atom stereocenters. The standard InChI is InChI=1S/C11H17N3S/c1-8-5-9(2)14-11(13-8)15-7-10-3-4-12-6-10/h5,10,12H,3-4,6-7H2,1-2H3/t10-/m1/s1. The van der Waals surface area contributed by atoms with E-state index < -0.39 is 0 Å². The van der Waals surface area contributed by atoms with Gasteiger partial charge in [0.15, 0.2) is 5.16 Å². The van der Waals surface area contributed by atoms with E-state index in [1.54, 1.807) is 11.8 Å². The summed E-state index contributed by atoms with van der Waals surface area (Å²) < 4.78 is 0. The smallest absolute Gasteiger partial charge is 0.187 e. The van der Waals surface area contributed by atoms with E-state index in [-0.39, 0.29) is 0 Å². The fourth-order valence-electron chi connectivity index (χ4n) is 1.81. The number of hydrogen-bond acceptors (Lipinski definition) is 4. The zero-order chi connectivity index (χ0) is 10.7. The summed E-state index contributed by atoms with van der Waals surface area (Å²) in [5.74, 6) is 1.93. The molecule has 1 N–H and O–H groups in total. The van der Waals surface area contributed by atoms with Crippen molar-refractivity contribution in [2.75, 3.05) is 18.8 Å². The lowest BCUT2D eigenvalue weighted by molar-refractivity contribution is 0.661. The van der Waals surface area contributed by atoms with E-state index in [9.17, 15) is 0 Å². The number of hydrogen-bond donors (Lipinski definition) is 1. The Morgan fingerprint density at radius 3 is 2.73 bits per heavy atom. The Hall–Kier alpha value is -0.610. The third kappa shape index (κ3) is 3.18. The van der Waals surface area contributed by atoms with Crippen molar-refractivity contribution >= 4 is 11.8 Å². The van der Waals surface area contributed by atoms with Gasteiger partial charge in [-0.2, -0.15) is 0 Å². The monoisotopic (exact) mass is 223 g/mol. The maximum absolute atomic E-state index is 4.43. The maximum Gasteiger partial charge on any atom is 0.187 e. The van der Waals surface area contributed by atoms with Gasteiger partial charge in [0, 0.05) is 17.1 Å². The van der Waals surface area contributed by atoms with Gasteiger partial charge >= 0.3 is 0 Å². The van der Waals surface area contributed by atoms with Gasteiger partial charge in [0.1, 0.15) is 0 Å². The summed E-state index contributed by atoms with van der Waals surface area (Å²) >= 11 is 1.78. The Labute approximate surface area is 95.1 Å². The van der Waals surface area contributed by atoms with E-state index in [1.165, 1.54) is 13.0 Å². The Bertz CT molecular complexity index is 314. The first-order valence-corrected chi connectivity index (χ1v) is 6.38. The molecule has 0 bridgehead atoms. The predicted octanol–water partition coefficient (Wildman–Crippen LogP) is 1.80. The summed E-state index contributed by atoms with van der Waals surface area (Å²) in [6.07, 6.45) is 1.29. The molecule has 1 saturated heterocycles. The predicted molar refractivity (Wildman–Crippen MR) is 63.2 cm³/mol. The summed E-state index contributed by atoms with van der Waals surface area (Å²) in [6, 6.07) is 2.02. The normalized spacial score (nSPS) is 20.8. The average Bonchev–Trinajstić information content (AvgIpc) is 2.65.